The Labute approximate surface area is 122 Å². The zero-order valence-electron chi connectivity index (χ0n) is 11.5. The molecule has 0 spiro atoms. The Morgan fingerprint density at radius 1 is 1.30 bits per heavy atom. The van der Waals surface area contributed by atoms with E-state index in [0.29, 0.717) is 19.3 Å². The zero-order valence-corrected chi connectivity index (χ0v) is 12.3. The first kappa shape index (κ1) is 13.4. The van der Waals surface area contributed by atoms with Crippen LogP contribution in [0.5, 0.6) is 11.5 Å². The van der Waals surface area contributed by atoms with Gasteiger partial charge in [-0.3, -0.25) is 0 Å². The number of fused-ring (bicyclic) bond motifs is 1. The van der Waals surface area contributed by atoms with E-state index in [4.69, 9.17) is 9.47 Å². The molecule has 3 rings (SSSR count). The molecule has 106 valence electrons. The van der Waals surface area contributed by atoms with Crippen molar-refractivity contribution in [2.75, 3.05) is 13.2 Å². The summed E-state index contributed by atoms with van der Waals surface area (Å²) in [5.41, 5.74) is 2.46. The number of aromatic nitrogens is 1. The third-order valence-electron chi connectivity index (χ3n) is 3.41. The highest BCUT2D eigenvalue weighted by molar-refractivity contribution is 7.03. The molecule has 1 N–H and O–H groups in total. The molecular formula is C15H18N2O2S. The van der Waals surface area contributed by atoms with Gasteiger partial charge in [-0.25, -0.2) is 4.37 Å². The van der Waals surface area contributed by atoms with Gasteiger partial charge in [0.15, 0.2) is 11.5 Å². The fourth-order valence-corrected chi connectivity index (χ4v) is 2.87. The van der Waals surface area contributed by atoms with Crippen LogP contribution >= 0.6 is 11.5 Å². The zero-order chi connectivity index (χ0) is 13.8. The summed E-state index contributed by atoms with van der Waals surface area (Å²) in [6.07, 6.45) is 2.94. The van der Waals surface area contributed by atoms with E-state index >= 15 is 0 Å². The summed E-state index contributed by atoms with van der Waals surface area (Å²) >= 11 is 1.49. The number of ether oxygens (including phenoxy) is 2. The molecule has 2 heterocycles. The van der Waals surface area contributed by atoms with E-state index in [1.54, 1.807) is 0 Å². The second kappa shape index (κ2) is 6.24. The monoisotopic (exact) mass is 290 g/mol. The van der Waals surface area contributed by atoms with Crippen molar-refractivity contribution in [3.05, 3.63) is 40.9 Å². The van der Waals surface area contributed by atoms with Crippen LogP contribution in [0.25, 0.3) is 0 Å². The van der Waals surface area contributed by atoms with Gasteiger partial charge >= 0.3 is 0 Å². The predicted octanol–water partition coefficient (Wildman–Crippen LogP) is 3.16. The minimum Gasteiger partial charge on any atom is -0.486 e. The molecule has 2 aromatic rings. The van der Waals surface area contributed by atoms with Crippen molar-refractivity contribution in [2.45, 2.75) is 25.9 Å². The van der Waals surface area contributed by atoms with Crippen LogP contribution in [0.1, 0.15) is 30.5 Å². The molecule has 0 aliphatic carbocycles. The van der Waals surface area contributed by atoms with Crippen LogP contribution in [0.4, 0.5) is 0 Å². The molecule has 4 nitrogen and oxygen atoms in total. The van der Waals surface area contributed by atoms with Gasteiger partial charge in [-0.15, -0.1) is 0 Å². The highest BCUT2D eigenvalue weighted by Crippen LogP contribution is 2.33. The Kier molecular flexibility index (Phi) is 4.18. The largest absolute Gasteiger partial charge is 0.486 e. The van der Waals surface area contributed by atoms with Crippen molar-refractivity contribution in [3.63, 3.8) is 0 Å². The van der Waals surface area contributed by atoms with Crippen LogP contribution in [0, 0.1) is 0 Å². The quantitative estimate of drug-likeness (QED) is 0.918. The lowest BCUT2D eigenvalue weighted by Gasteiger charge is -2.22. The molecule has 0 fully saturated rings. The summed E-state index contributed by atoms with van der Waals surface area (Å²) in [5.74, 6) is 1.70. The van der Waals surface area contributed by atoms with E-state index in [2.05, 4.69) is 34.1 Å². The second-order valence-corrected chi connectivity index (χ2v) is 5.43. The van der Waals surface area contributed by atoms with Crippen molar-refractivity contribution in [1.29, 1.82) is 0 Å². The van der Waals surface area contributed by atoms with Crippen molar-refractivity contribution < 1.29 is 9.47 Å². The molecule has 0 radical (unpaired) electrons. The van der Waals surface area contributed by atoms with Crippen molar-refractivity contribution in [2.24, 2.45) is 0 Å². The molecule has 0 bridgehead atoms. The number of nitrogens with one attached hydrogen (secondary N) is 1. The molecule has 1 aliphatic heterocycles. The van der Waals surface area contributed by atoms with E-state index in [0.717, 1.165) is 24.5 Å². The standard InChI is InChI=1S/C15H18N2O2S/c1-2-13(16-8-11-9-17-20-10-11)12-3-4-14-15(7-12)19-6-5-18-14/h3-4,7,9-10,13,16H,2,5-6,8H2,1H3. The maximum Gasteiger partial charge on any atom is 0.161 e. The van der Waals surface area contributed by atoms with E-state index in [1.165, 1.54) is 22.7 Å². The Balaban J connectivity index is 1.71. The number of hydrogen-bond acceptors (Lipinski definition) is 5. The summed E-state index contributed by atoms with van der Waals surface area (Å²) in [6.45, 7) is 4.28. The van der Waals surface area contributed by atoms with E-state index in [9.17, 15) is 0 Å². The molecule has 1 atom stereocenters. The van der Waals surface area contributed by atoms with Crippen LogP contribution in [0.3, 0.4) is 0 Å². The molecule has 0 amide bonds. The maximum atomic E-state index is 5.65. The highest BCUT2D eigenvalue weighted by Gasteiger charge is 2.15. The molecule has 20 heavy (non-hydrogen) atoms. The number of benzene rings is 1. The molecule has 0 saturated heterocycles. The first-order valence-corrected chi connectivity index (χ1v) is 7.71. The summed E-state index contributed by atoms with van der Waals surface area (Å²) < 4.78 is 15.3. The fraction of sp³-hybridized carbons (Fsp3) is 0.400. The fourth-order valence-electron chi connectivity index (χ4n) is 2.33. The van der Waals surface area contributed by atoms with Gasteiger partial charge in [0.1, 0.15) is 13.2 Å². The topological polar surface area (TPSA) is 43.4 Å². The van der Waals surface area contributed by atoms with Crippen molar-refractivity contribution >= 4 is 11.5 Å². The average Bonchev–Trinajstić information content (AvgIpc) is 3.01. The highest BCUT2D eigenvalue weighted by atomic mass is 32.1. The van der Waals surface area contributed by atoms with Crippen LogP contribution in [0.2, 0.25) is 0 Å². The lowest BCUT2D eigenvalue weighted by Crippen LogP contribution is -2.21. The van der Waals surface area contributed by atoms with E-state index in [-0.39, 0.29) is 0 Å². The Morgan fingerprint density at radius 2 is 2.15 bits per heavy atom. The summed E-state index contributed by atoms with van der Waals surface area (Å²) in [5, 5.41) is 5.64. The van der Waals surface area contributed by atoms with E-state index in [1.807, 2.05) is 12.3 Å². The average molecular weight is 290 g/mol. The molecule has 1 unspecified atom stereocenters. The predicted molar refractivity (Wildman–Crippen MR) is 79.4 cm³/mol. The van der Waals surface area contributed by atoms with Crippen LogP contribution < -0.4 is 14.8 Å². The van der Waals surface area contributed by atoms with Gasteiger partial charge in [-0.2, -0.15) is 0 Å². The first-order valence-electron chi connectivity index (χ1n) is 6.88. The normalized spacial score (nSPS) is 15.1. The van der Waals surface area contributed by atoms with Gasteiger partial charge in [0, 0.05) is 24.2 Å². The van der Waals surface area contributed by atoms with Crippen molar-refractivity contribution in [1.82, 2.24) is 9.69 Å². The molecule has 1 aliphatic rings. The van der Waals surface area contributed by atoms with Gasteiger partial charge in [-0.1, -0.05) is 13.0 Å². The minimum atomic E-state index is 0.311. The lowest BCUT2D eigenvalue weighted by atomic mass is 10.0. The van der Waals surface area contributed by atoms with Gasteiger partial charge in [-0.05, 0) is 41.2 Å². The van der Waals surface area contributed by atoms with E-state index < -0.39 is 0 Å². The minimum absolute atomic E-state index is 0.311. The Hall–Kier alpha value is -1.59. The van der Waals surface area contributed by atoms with Crippen LogP contribution in [0.15, 0.2) is 29.8 Å². The molecule has 1 aromatic carbocycles. The SMILES string of the molecule is CCC(NCc1cnsc1)c1ccc2c(c1)OCCO2. The number of rotatable bonds is 5. The van der Waals surface area contributed by atoms with Crippen molar-refractivity contribution in [3.8, 4) is 11.5 Å². The molecule has 5 heteroatoms. The van der Waals surface area contributed by atoms with Crippen LogP contribution in [-0.2, 0) is 6.54 Å². The van der Waals surface area contributed by atoms with Gasteiger partial charge in [0.05, 0.1) is 0 Å². The first-order chi connectivity index (χ1) is 9.86. The summed E-state index contributed by atoms with van der Waals surface area (Å²) in [7, 11) is 0. The number of nitrogens with zero attached hydrogens (tertiary/aromatic N) is 1. The second-order valence-electron chi connectivity index (χ2n) is 4.78. The lowest BCUT2D eigenvalue weighted by molar-refractivity contribution is 0.171. The maximum absolute atomic E-state index is 5.65. The summed E-state index contributed by atoms with van der Waals surface area (Å²) in [4.78, 5) is 0. The van der Waals surface area contributed by atoms with Gasteiger partial charge in [0.25, 0.3) is 0 Å². The smallest absolute Gasteiger partial charge is 0.161 e. The molecular weight excluding hydrogens is 272 g/mol. The molecule has 1 aromatic heterocycles. The Morgan fingerprint density at radius 3 is 2.90 bits per heavy atom. The molecule has 0 saturated carbocycles. The third-order valence-corrected chi connectivity index (χ3v) is 4.05. The number of hydrogen-bond donors (Lipinski definition) is 1. The Bertz CT molecular complexity index is 557. The van der Waals surface area contributed by atoms with Gasteiger partial charge < -0.3 is 14.8 Å². The van der Waals surface area contributed by atoms with Gasteiger partial charge in [0.2, 0.25) is 0 Å². The van der Waals surface area contributed by atoms with Crippen LogP contribution in [-0.4, -0.2) is 17.6 Å². The summed E-state index contributed by atoms with van der Waals surface area (Å²) in [6, 6.07) is 6.51. The third kappa shape index (κ3) is 2.94.